The fraction of sp³-hybridized carbons (Fsp3) is 0.471. The summed E-state index contributed by atoms with van der Waals surface area (Å²) in [5, 5.41) is 5.09. The molecule has 0 radical (unpaired) electrons. The third-order valence-corrected chi connectivity index (χ3v) is 4.38. The second kappa shape index (κ2) is 6.09. The van der Waals surface area contributed by atoms with Gasteiger partial charge in [0, 0.05) is 16.6 Å². The summed E-state index contributed by atoms with van der Waals surface area (Å²) in [6.45, 7) is 5.27. The molecule has 0 bridgehead atoms. The number of hydrogen-bond acceptors (Lipinski definition) is 4. The number of nitrogens with zero attached hydrogens (tertiary/aromatic N) is 3. The van der Waals surface area contributed by atoms with Crippen LogP contribution in [0.1, 0.15) is 39.7 Å². The molecule has 0 unspecified atom stereocenters. The lowest BCUT2D eigenvalue weighted by Crippen LogP contribution is -2.44. The summed E-state index contributed by atoms with van der Waals surface area (Å²) < 4.78 is 8.00. The fourth-order valence-corrected chi connectivity index (χ4v) is 2.72. The molecule has 1 saturated carbocycles. The van der Waals surface area contributed by atoms with Gasteiger partial charge in [-0.05, 0) is 57.9 Å². The largest absolute Gasteiger partial charge is 0.464 e. The van der Waals surface area contributed by atoms with Crippen LogP contribution >= 0.6 is 11.6 Å². The lowest BCUT2D eigenvalue weighted by Gasteiger charge is -2.21. The number of benzene rings is 1. The van der Waals surface area contributed by atoms with Crippen molar-refractivity contribution in [3.63, 3.8) is 0 Å². The summed E-state index contributed by atoms with van der Waals surface area (Å²) >= 11 is 5.94. The summed E-state index contributed by atoms with van der Waals surface area (Å²) in [6.07, 6.45) is 1.87. The average molecular weight is 350 g/mol. The molecule has 0 saturated heterocycles. The molecule has 0 spiro atoms. The van der Waals surface area contributed by atoms with Crippen molar-refractivity contribution in [2.75, 3.05) is 6.61 Å². The molecule has 0 N–H and O–H groups in total. The lowest BCUT2D eigenvalue weighted by molar-refractivity contribution is -0.152. The first-order valence-electron chi connectivity index (χ1n) is 8.01. The second-order valence-electron chi connectivity index (χ2n) is 6.41. The van der Waals surface area contributed by atoms with Crippen molar-refractivity contribution in [2.45, 2.75) is 45.2 Å². The highest BCUT2D eigenvalue weighted by Crippen LogP contribution is 2.37. The third kappa shape index (κ3) is 2.86. The van der Waals surface area contributed by atoms with Gasteiger partial charge in [-0.2, -0.15) is 4.68 Å². The number of rotatable bonds is 5. The summed E-state index contributed by atoms with van der Waals surface area (Å²) in [4.78, 5) is 25.2. The molecular formula is C17H20ClN3O3. The van der Waals surface area contributed by atoms with Crippen molar-refractivity contribution >= 4 is 17.6 Å². The van der Waals surface area contributed by atoms with Gasteiger partial charge >= 0.3 is 11.7 Å². The van der Waals surface area contributed by atoms with E-state index in [-0.39, 0.29) is 18.3 Å². The molecule has 0 atom stereocenters. The van der Waals surface area contributed by atoms with Gasteiger partial charge in [0.1, 0.15) is 0 Å². The van der Waals surface area contributed by atoms with Crippen molar-refractivity contribution in [1.29, 1.82) is 0 Å². The number of carbonyl (C=O) groups excluding carboxylic acids is 1. The number of hydrogen-bond donors (Lipinski definition) is 0. The molecule has 24 heavy (non-hydrogen) atoms. The van der Waals surface area contributed by atoms with Gasteiger partial charge in [0.25, 0.3) is 0 Å². The second-order valence-corrected chi connectivity index (χ2v) is 6.84. The van der Waals surface area contributed by atoms with Crippen molar-refractivity contribution in [2.24, 2.45) is 0 Å². The van der Waals surface area contributed by atoms with Crippen LogP contribution in [-0.2, 0) is 15.1 Å². The van der Waals surface area contributed by atoms with Crippen LogP contribution in [0.3, 0.4) is 0 Å². The fourth-order valence-electron chi connectivity index (χ4n) is 2.59. The smallest absolute Gasteiger partial charge is 0.347 e. The van der Waals surface area contributed by atoms with Crippen molar-refractivity contribution in [3.8, 4) is 11.4 Å². The summed E-state index contributed by atoms with van der Waals surface area (Å²) in [5.74, 6) is 0.0757. The predicted molar refractivity (Wildman–Crippen MR) is 91.2 cm³/mol. The van der Waals surface area contributed by atoms with E-state index < -0.39 is 11.5 Å². The molecule has 2 aromatic rings. The highest BCUT2D eigenvalue weighted by Gasteiger charge is 2.38. The quantitative estimate of drug-likeness (QED) is 0.778. The number of aromatic nitrogens is 3. The molecule has 3 rings (SSSR count). The van der Waals surface area contributed by atoms with E-state index in [0.717, 1.165) is 18.4 Å². The topological polar surface area (TPSA) is 66.1 Å². The average Bonchev–Trinajstić information content (AvgIpc) is 3.31. The molecule has 1 fully saturated rings. The van der Waals surface area contributed by atoms with Crippen LogP contribution in [0.25, 0.3) is 11.4 Å². The molecule has 0 aliphatic heterocycles. The van der Waals surface area contributed by atoms with Crippen molar-refractivity contribution in [3.05, 3.63) is 39.8 Å². The Bertz CT molecular complexity index is 817. The minimum atomic E-state index is -1.17. The summed E-state index contributed by atoms with van der Waals surface area (Å²) in [6, 6.07) is 7.30. The normalized spacial score (nSPS) is 14.7. The third-order valence-electron chi connectivity index (χ3n) is 4.13. The van der Waals surface area contributed by atoms with Crippen LogP contribution in [0.2, 0.25) is 5.02 Å². The van der Waals surface area contributed by atoms with E-state index in [1.165, 1.54) is 4.68 Å². The maximum Gasteiger partial charge on any atom is 0.347 e. The van der Waals surface area contributed by atoms with Crippen LogP contribution < -0.4 is 5.69 Å². The molecule has 7 heteroatoms. The Balaban J connectivity index is 2.13. The first-order valence-corrected chi connectivity index (χ1v) is 8.39. The minimum Gasteiger partial charge on any atom is -0.464 e. The van der Waals surface area contributed by atoms with E-state index >= 15 is 0 Å². The first kappa shape index (κ1) is 16.8. The number of halogens is 1. The van der Waals surface area contributed by atoms with Crippen LogP contribution in [0.5, 0.6) is 0 Å². The molecular weight excluding hydrogens is 330 g/mol. The molecule has 6 nitrogen and oxygen atoms in total. The maximum absolute atomic E-state index is 12.9. The first-order chi connectivity index (χ1) is 11.4. The van der Waals surface area contributed by atoms with Crippen LogP contribution in [0.4, 0.5) is 0 Å². The Morgan fingerprint density at radius 3 is 2.50 bits per heavy atom. The van der Waals surface area contributed by atoms with Gasteiger partial charge in [0.15, 0.2) is 11.4 Å². The standard InChI is InChI=1S/C17H20ClN3O3/c1-4-24-15(22)17(2,3)21-16(23)20(13-9-10-13)14(19-21)11-5-7-12(18)8-6-11/h5-8,13H,4,9-10H2,1-3H3. The Morgan fingerprint density at radius 2 is 1.96 bits per heavy atom. The van der Waals surface area contributed by atoms with Gasteiger partial charge in [-0.3, -0.25) is 4.57 Å². The van der Waals surface area contributed by atoms with Crippen LogP contribution in [0, 0.1) is 0 Å². The Hall–Kier alpha value is -2.08. The molecule has 128 valence electrons. The van der Waals surface area contributed by atoms with Gasteiger partial charge in [-0.1, -0.05) is 11.6 Å². The molecule has 1 aliphatic carbocycles. The van der Waals surface area contributed by atoms with Crippen LogP contribution in [-0.4, -0.2) is 26.9 Å². The molecule has 1 aromatic carbocycles. The Kier molecular flexibility index (Phi) is 4.25. The van der Waals surface area contributed by atoms with E-state index in [0.29, 0.717) is 10.8 Å². The zero-order valence-corrected chi connectivity index (χ0v) is 14.7. The lowest BCUT2D eigenvalue weighted by atomic mass is 10.1. The zero-order chi connectivity index (χ0) is 17.5. The SMILES string of the molecule is CCOC(=O)C(C)(C)n1nc(-c2ccc(Cl)cc2)n(C2CC2)c1=O. The van der Waals surface area contributed by atoms with Gasteiger partial charge in [-0.25, -0.2) is 9.59 Å². The van der Waals surface area contributed by atoms with Gasteiger partial charge in [0.05, 0.1) is 6.61 Å². The van der Waals surface area contributed by atoms with Gasteiger partial charge in [-0.15, -0.1) is 5.10 Å². The number of ether oxygens (including phenoxy) is 1. The zero-order valence-electron chi connectivity index (χ0n) is 14.0. The monoisotopic (exact) mass is 349 g/mol. The molecule has 0 amide bonds. The van der Waals surface area contributed by atoms with E-state index in [4.69, 9.17) is 16.3 Å². The minimum absolute atomic E-state index is 0.134. The van der Waals surface area contributed by atoms with Crippen molar-refractivity contribution in [1.82, 2.24) is 14.3 Å². The summed E-state index contributed by atoms with van der Waals surface area (Å²) in [7, 11) is 0. The highest BCUT2D eigenvalue weighted by atomic mass is 35.5. The number of carbonyl (C=O) groups is 1. The van der Waals surface area contributed by atoms with E-state index in [9.17, 15) is 9.59 Å². The predicted octanol–water partition coefficient (Wildman–Crippen LogP) is 3.00. The molecule has 1 aliphatic rings. The van der Waals surface area contributed by atoms with E-state index in [1.807, 2.05) is 12.1 Å². The Labute approximate surface area is 145 Å². The Morgan fingerprint density at radius 1 is 1.33 bits per heavy atom. The molecule has 1 aromatic heterocycles. The van der Waals surface area contributed by atoms with E-state index in [2.05, 4.69) is 5.10 Å². The van der Waals surface area contributed by atoms with Gasteiger partial charge in [0.2, 0.25) is 0 Å². The molecule has 1 heterocycles. The summed E-state index contributed by atoms with van der Waals surface area (Å²) in [5.41, 5.74) is -0.670. The van der Waals surface area contributed by atoms with Gasteiger partial charge < -0.3 is 4.74 Å². The van der Waals surface area contributed by atoms with Crippen molar-refractivity contribution < 1.29 is 9.53 Å². The van der Waals surface area contributed by atoms with Crippen LogP contribution in [0.15, 0.2) is 29.1 Å². The highest BCUT2D eigenvalue weighted by molar-refractivity contribution is 6.30. The van der Waals surface area contributed by atoms with E-state index in [1.54, 1.807) is 37.5 Å². The maximum atomic E-state index is 12.9. The number of esters is 1.